The molecule has 1 rings (SSSR count). The molecule has 0 aromatic carbocycles. The third kappa shape index (κ3) is 4.08. The number of hydrogen-bond donors (Lipinski definition) is 1. The van der Waals surface area contributed by atoms with Crippen molar-refractivity contribution < 1.29 is 0 Å². The lowest BCUT2D eigenvalue weighted by molar-refractivity contribution is 0.108. The maximum atomic E-state index is 6.41. The predicted molar refractivity (Wildman–Crippen MR) is 72.5 cm³/mol. The lowest BCUT2D eigenvalue weighted by atomic mass is 9.65. The van der Waals surface area contributed by atoms with E-state index in [4.69, 9.17) is 5.73 Å². The maximum Gasteiger partial charge on any atom is 0.00722 e. The van der Waals surface area contributed by atoms with Crippen LogP contribution in [0, 0.1) is 11.3 Å². The van der Waals surface area contributed by atoms with Gasteiger partial charge in [-0.25, -0.2) is 0 Å². The maximum absolute atomic E-state index is 6.41. The molecule has 1 fully saturated rings. The van der Waals surface area contributed by atoms with Crippen molar-refractivity contribution in [3.63, 3.8) is 0 Å². The van der Waals surface area contributed by atoms with Crippen LogP contribution < -0.4 is 5.73 Å². The fourth-order valence-electron chi connectivity index (χ4n) is 3.32. The van der Waals surface area contributed by atoms with Crippen LogP contribution in [0.4, 0.5) is 0 Å². The van der Waals surface area contributed by atoms with Crippen molar-refractivity contribution >= 4 is 0 Å². The Balaban J connectivity index is 2.31. The van der Waals surface area contributed by atoms with Gasteiger partial charge in [0.25, 0.3) is 0 Å². The first-order valence-electron chi connectivity index (χ1n) is 7.33. The highest BCUT2D eigenvalue weighted by molar-refractivity contribution is 4.88. The molecule has 0 spiro atoms. The lowest BCUT2D eigenvalue weighted by Crippen LogP contribution is -2.41. The van der Waals surface area contributed by atoms with Crippen LogP contribution in [-0.4, -0.2) is 6.04 Å². The second-order valence-corrected chi connectivity index (χ2v) is 6.35. The summed E-state index contributed by atoms with van der Waals surface area (Å²) in [4.78, 5) is 0. The van der Waals surface area contributed by atoms with E-state index in [1.807, 2.05) is 0 Å². The van der Waals surface area contributed by atoms with Gasteiger partial charge < -0.3 is 5.73 Å². The molecule has 0 aromatic heterocycles. The van der Waals surface area contributed by atoms with Gasteiger partial charge in [0, 0.05) is 6.04 Å². The molecule has 0 radical (unpaired) electrons. The zero-order chi connectivity index (χ0) is 12.0. The van der Waals surface area contributed by atoms with Gasteiger partial charge in [-0.3, -0.25) is 0 Å². The summed E-state index contributed by atoms with van der Waals surface area (Å²) in [6.45, 7) is 7.11. The summed E-state index contributed by atoms with van der Waals surface area (Å²) in [6, 6.07) is 0.451. The van der Waals surface area contributed by atoms with E-state index in [0.717, 1.165) is 5.92 Å². The van der Waals surface area contributed by atoms with Gasteiger partial charge in [0.1, 0.15) is 0 Å². The molecular formula is C15H31N. The number of hydrogen-bond acceptors (Lipinski definition) is 1. The van der Waals surface area contributed by atoms with Gasteiger partial charge >= 0.3 is 0 Å². The lowest BCUT2D eigenvalue weighted by Gasteiger charge is -2.42. The van der Waals surface area contributed by atoms with Crippen LogP contribution in [0.3, 0.4) is 0 Å². The Bertz CT molecular complexity index is 186. The van der Waals surface area contributed by atoms with Crippen LogP contribution >= 0.6 is 0 Å². The molecule has 0 aliphatic heterocycles. The molecule has 0 amide bonds. The van der Waals surface area contributed by atoms with E-state index in [0.29, 0.717) is 11.5 Å². The van der Waals surface area contributed by atoms with E-state index in [-0.39, 0.29) is 0 Å². The highest BCUT2D eigenvalue weighted by Gasteiger charge is 2.35. The van der Waals surface area contributed by atoms with Gasteiger partial charge in [-0.1, -0.05) is 59.3 Å². The highest BCUT2D eigenvalue weighted by Crippen LogP contribution is 2.42. The molecule has 0 heterocycles. The minimum atomic E-state index is 0.451. The quantitative estimate of drug-likeness (QED) is 0.662. The van der Waals surface area contributed by atoms with Gasteiger partial charge in [-0.05, 0) is 30.6 Å². The smallest absolute Gasteiger partial charge is 0.00722 e. The molecule has 0 saturated heterocycles. The molecule has 2 unspecified atom stereocenters. The SMILES string of the molecule is CCCCCCC(N)C1CCCCC1(C)C. The summed E-state index contributed by atoms with van der Waals surface area (Å²) in [7, 11) is 0. The zero-order valence-electron chi connectivity index (χ0n) is 11.6. The summed E-state index contributed by atoms with van der Waals surface area (Å²) in [6.07, 6.45) is 12.2. The van der Waals surface area contributed by atoms with Crippen LogP contribution in [0.1, 0.15) is 78.6 Å². The topological polar surface area (TPSA) is 26.0 Å². The van der Waals surface area contributed by atoms with Crippen LogP contribution in [0.5, 0.6) is 0 Å². The molecular weight excluding hydrogens is 194 g/mol. The zero-order valence-corrected chi connectivity index (χ0v) is 11.6. The van der Waals surface area contributed by atoms with Crippen molar-refractivity contribution in [2.45, 2.75) is 84.6 Å². The average Bonchev–Trinajstić information content (AvgIpc) is 2.23. The molecule has 1 aliphatic carbocycles. The number of rotatable bonds is 6. The van der Waals surface area contributed by atoms with Gasteiger partial charge in [0.15, 0.2) is 0 Å². The fourth-order valence-corrected chi connectivity index (χ4v) is 3.32. The van der Waals surface area contributed by atoms with Crippen LogP contribution in [0.15, 0.2) is 0 Å². The second-order valence-electron chi connectivity index (χ2n) is 6.35. The molecule has 2 N–H and O–H groups in total. The third-order valence-corrected chi connectivity index (χ3v) is 4.50. The second kappa shape index (κ2) is 6.64. The number of unbranched alkanes of at least 4 members (excludes halogenated alkanes) is 3. The molecule has 96 valence electrons. The van der Waals surface area contributed by atoms with Gasteiger partial charge in [-0.2, -0.15) is 0 Å². The van der Waals surface area contributed by atoms with E-state index >= 15 is 0 Å². The third-order valence-electron chi connectivity index (χ3n) is 4.50. The monoisotopic (exact) mass is 225 g/mol. The molecule has 1 nitrogen and oxygen atoms in total. The van der Waals surface area contributed by atoms with E-state index in [1.54, 1.807) is 0 Å². The first kappa shape index (κ1) is 14.0. The van der Waals surface area contributed by atoms with Crippen molar-refractivity contribution in [1.29, 1.82) is 0 Å². The Kier molecular flexibility index (Phi) is 5.82. The Morgan fingerprint density at radius 2 is 1.94 bits per heavy atom. The Morgan fingerprint density at radius 3 is 2.56 bits per heavy atom. The van der Waals surface area contributed by atoms with Crippen molar-refractivity contribution in [2.75, 3.05) is 0 Å². The molecule has 1 aliphatic rings. The van der Waals surface area contributed by atoms with E-state index in [1.165, 1.54) is 57.8 Å². The molecule has 0 aromatic rings. The largest absolute Gasteiger partial charge is 0.327 e. The molecule has 1 heteroatoms. The molecule has 16 heavy (non-hydrogen) atoms. The van der Waals surface area contributed by atoms with Crippen molar-refractivity contribution in [3.8, 4) is 0 Å². The summed E-state index contributed by atoms with van der Waals surface area (Å²) in [5.41, 5.74) is 6.89. The van der Waals surface area contributed by atoms with Crippen LogP contribution in [0.25, 0.3) is 0 Å². The van der Waals surface area contributed by atoms with Gasteiger partial charge in [-0.15, -0.1) is 0 Å². The first-order valence-corrected chi connectivity index (χ1v) is 7.33. The molecule has 2 atom stereocenters. The fraction of sp³-hybridized carbons (Fsp3) is 1.00. The number of nitrogens with two attached hydrogens (primary N) is 1. The summed E-state index contributed by atoms with van der Waals surface area (Å²) in [5, 5.41) is 0. The Hall–Kier alpha value is -0.0400. The highest BCUT2D eigenvalue weighted by atomic mass is 14.7. The van der Waals surface area contributed by atoms with Gasteiger partial charge in [0.2, 0.25) is 0 Å². The summed E-state index contributed by atoms with van der Waals surface area (Å²) >= 11 is 0. The summed E-state index contributed by atoms with van der Waals surface area (Å²) in [5.74, 6) is 0.767. The average molecular weight is 225 g/mol. The Morgan fingerprint density at radius 1 is 1.19 bits per heavy atom. The van der Waals surface area contributed by atoms with E-state index < -0.39 is 0 Å². The predicted octanol–water partition coefficient (Wildman–Crippen LogP) is 4.50. The van der Waals surface area contributed by atoms with E-state index in [2.05, 4.69) is 20.8 Å². The normalized spacial score (nSPS) is 26.6. The minimum Gasteiger partial charge on any atom is -0.327 e. The van der Waals surface area contributed by atoms with E-state index in [9.17, 15) is 0 Å². The van der Waals surface area contributed by atoms with Crippen molar-refractivity contribution in [3.05, 3.63) is 0 Å². The van der Waals surface area contributed by atoms with Crippen molar-refractivity contribution in [1.82, 2.24) is 0 Å². The minimum absolute atomic E-state index is 0.451. The standard InChI is InChI=1S/C15H31N/c1-4-5-6-7-11-14(16)13-10-8-9-12-15(13,2)3/h13-14H,4-12,16H2,1-3H3. The van der Waals surface area contributed by atoms with Crippen LogP contribution in [0.2, 0.25) is 0 Å². The molecule has 0 bridgehead atoms. The Labute approximate surface area is 102 Å². The first-order chi connectivity index (χ1) is 7.58. The van der Waals surface area contributed by atoms with Crippen LogP contribution in [-0.2, 0) is 0 Å². The molecule has 1 saturated carbocycles. The van der Waals surface area contributed by atoms with Gasteiger partial charge in [0.05, 0.1) is 0 Å². The van der Waals surface area contributed by atoms with Crippen molar-refractivity contribution in [2.24, 2.45) is 17.1 Å². The summed E-state index contributed by atoms with van der Waals surface area (Å²) < 4.78 is 0.